The standard InChI is InChI=1S/C15H15N2O3/c18-11-10-17(16-15(20)13-7-8-13)14(19)9-6-12-4-2-1-3-5-12/h1-6,9,13H,7-8,10H2,(H,16,20)/b9-6+. The molecule has 1 aromatic rings. The Kier molecular flexibility index (Phi) is 4.65. The summed E-state index contributed by atoms with van der Waals surface area (Å²) in [6.07, 6.45) is 6.23. The van der Waals surface area contributed by atoms with Gasteiger partial charge in [-0.1, -0.05) is 30.3 Å². The number of nitrogens with zero attached hydrogens (tertiary/aromatic N) is 1. The average molecular weight is 271 g/mol. The number of benzene rings is 1. The maximum Gasteiger partial charge on any atom is 0.265 e. The lowest BCUT2D eigenvalue weighted by atomic mass is 10.2. The van der Waals surface area contributed by atoms with Crippen LogP contribution in [0.3, 0.4) is 0 Å². The van der Waals surface area contributed by atoms with Crippen LogP contribution in [0.25, 0.3) is 6.08 Å². The Morgan fingerprint density at radius 2 is 2.00 bits per heavy atom. The molecule has 0 atom stereocenters. The molecule has 0 aromatic heterocycles. The van der Waals surface area contributed by atoms with Crippen molar-refractivity contribution in [3.05, 3.63) is 42.0 Å². The van der Waals surface area contributed by atoms with Crippen LogP contribution in [-0.2, 0) is 14.4 Å². The second kappa shape index (κ2) is 6.65. The van der Waals surface area contributed by atoms with Gasteiger partial charge in [-0.3, -0.25) is 19.8 Å². The number of hydrazine groups is 1. The van der Waals surface area contributed by atoms with E-state index in [1.165, 1.54) is 6.08 Å². The van der Waals surface area contributed by atoms with E-state index in [4.69, 9.17) is 0 Å². The summed E-state index contributed by atoms with van der Waals surface area (Å²) in [7, 11) is 0. The van der Waals surface area contributed by atoms with Crippen LogP contribution in [0, 0.1) is 5.92 Å². The Labute approximate surface area is 117 Å². The number of rotatable bonds is 5. The van der Waals surface area contributed by atoms with E-state index in [9.17, 15) is 14.4 Å². The molecule has 0 aliphatic heterocycles. The van der Waals surface area contributed by atoms with Gasteiger partial charge in [0, 0.05) is 12.0 Å². The molecule has 1 aromatic carbocycles. The van der Waals surface area contributed by atoms with Gasteiger partial charge in [0.2, 0.25) is 12.2 Å². The van der Waals surface area contributed by atoms with E-state index in [1.807, 2.05) is 30.3 Å². The van der Waals surface area contributed by atoms with E-state index in [0.29, 0.717) is 0 Å². The van der Waals surface area contributed by atoms with Crippen LogP contribution in [0.4, 0.5) is 0 Å². The largest absolute Gasteiger partial charge is 0.289 e. The molecular weight excluding hydrogens is 256 g/mol. The highest BCUT2D eigenvalue weighted by Gasteiger charge is 2.31. The fourth-order valence-electron chi connectivity index (χ4n) is 1.63. The number of carbonyl (C=O) groups excluding carboxylic acids is 3. The van der Waals surface area contributed by atoms with Crippen LogP contribution in [0.1, 0.15) is 18.4 Å². The summed E-state index contributed by atoms with van der Waals surface area (Å²) in [5, 5.41) is 0.979. The molecule has 1 aliphatic carbocycles. The van der Waals surface area contributed by atoms with Crippen molar-refractivity contribution in [2.75, 3.05) is 6.54 Å². The third-order valence-electron chi connectivity index (χ3n) is 2.90. The van der Waals surface area contributed by atoms with E-state index in [-0.39, 0.29) is 18.4 Å². The highest BCUT2D eigenvalue weighted by molar-refractivity contribution is 5.94. The van der Waals surface area contributed by atoms with Gasteiger partial charge in [0.05, 0.1) is 0 Å². The number of nitrogens with one attached hydrogen (secondary N) is 1. The van der Waals surface area contributed by atoms with Gasteiger partial charge in [0.15, 0.2) is 0 Å². The quantitative estimate of drug-likeness (QED) is 0.643. The normalized spacial score (nSPS) is 14.0. The Morgan fingerprint density at radius 3 is 2.60 bits per heavy atom. The highest BCUT2D eigenvalue weighted by Crippen LogP contribution is 2.28. The third-order valence-corrected chi connectivity index (χ3v) is 2.90. The number of carbonyl (C=O) groups is 2. The minimum absolute atomic E-state index is 0.0324. The van der Waals surface area contributed by atoms with Crippen molar-refractivity contribution >= 4 is 24.2 Å². The summed E-state index contributed by atoms with van der Waals surface area (Å²) < 4.78 is 0. The van der Waals surface area contributed by atoms with Crippen molar-refractivity contribution < 1.29 is 14.4 Å². The Balaban J connectivity index is 1.97. The van der Waals surface area contributed by atoms with Gasteiger partial charge < -0.3 is 0 Å². The molecule has 5 heteroatoms. The van der Waals surface area contributed by atoms with Crippen molar-refractivity contribution in [2.45, 2.75) is 12.8 Å². The molecule has 2 amide bonds. The summed E-state index contributed by atoms with van der Waals surface area (Å²) >= 11 is 0. The zero-order valence-electron chi connectivity index (χ0n) is 10.9. The molecule has 1 radical (unpaired) electrons. The first-order chi connectivity index (χ1) is 9.70. The molecule has 0 bridgehead atoms. The minimum Gasteiger partial charge on any atom is -0.289 e. The zero-order chi connectivity index (χ0) is 14.4. The molecule has 5 nitrogen and oxygen atoms in total. The summed E-state index contributed by atoms with van der Waals surface area (Å²) in [6.45, 7) is -0.281. The third kappa shape index (κ3) is 4.05. The first-order valence-electron chi connectivity index (χ1n) is 6.41. The lowest BCUT2D eigenvalue weighted by Gasteiger charge is -2.18. The molecule has 0 unspecified atom stereocenters. The molecule has 2 rings (SSSR count). The fourth-order valence-corrected chi connectivity index (χ4v) is 1.63. The van der Waals surface area contributed by atoms with Gasteiger partial charge in [-0.15, -0.1) is 0 Å². The topological polar surface area (TPSA) is 66.5 Å². The highest BCUT2D eigenvalue weighted by atomic mass is 16.2. The van der Waals surface area contributed by atoms with E-state index in [2.05, 4.69) is 5.43 Å². The second-order valence-corrected chi connectivity index (χ2v) is 4.56. The van der Waals surface area contributed by atoms with Crippen LogP contribution < -0.4 is 5.43 Å². The lowest BCUT2D eigenvalue weighted by Crippen LogP contribution is -2.47. The van der Waals surface area contributed by atoms with Crippen molar-refractivity contribution in [1.29, 1.82) is 0 Å². The van der Waals surface area contributed by atoms with Crippen LogP contribution in [0.2, 0.25) is 0 Å². The summed E-state index contributed by atoms with van der Waals surface area (Å²) in [5.74, 6) is -0.706. The van der Waals surface area contributed by atoms with Crippen molar-refractivity contribution in [3.63, 3.8) is 0 Å². The smallest absolute Gasteiger partial charge is 0.265 e. The van der Waals surface area contributed by atoms with Crippen molar-refractivity contribution in [2.24, 2.45) is 5.92 Å². The Hall–Kier alpha value is -2.43. The number of amides is 2. The average Bonchev–Trinajstić information content (AvgIpc) is 3.30. The molecule has 1 saturated carbocycles. The predicted octanol–water partition coefficient (Wildman–Crippen LogP) is 1.08. The van der Waals surface area contributed by atoms with Crippen LogP contribution in [-0.4, -0.2) is 29.7 Å². The number of hydrogen-bond donors (Lipinski definition) is 1. The Morgan fingerprint density at radius 1 is 1.30 bits per heavy atom. The molecule has 1 fully saturated rings. The molecular formula is C15H15N2O3. The maximum absolute atomic E-state index is 11.9. The van der Waals surface area contributed by atoms with E-state index >= 15 is 0 Å². The van der Waals surface area contributed by atoms with Gasteiger partial charge in [0.25, 0.3) is 5.91 Å². The summed E-state index contributed by atoms with van der Waals surface area (Å²) in [4.78, 5) is 34.0. The minimum atomic E-state index is -0.453. The van der Waals surface area contributed by atoms with Crippen molar-refractivity contribution in [3.8, 4) is 0 Å². The van der Waals surface area contributed by atoms with Gasteiger partial charge >= 0.3 is 0 Å². The SMILES string of the molecule is O=[C]CN(NC(=O)C1CC1)C(=O)/C=C/c1ccccc1. The zero-order valence-corrected chi connectivity index (χ0v) is 10.9. The fraction of sp³-hybridized carbons (Fsp3) is 0.267. The summed E-state index contributed by atoms with van der Waals surface area (Å²) in [6, 6.07) is 9.29. The molecule has 0 saturated heterocycles. The van der Waals surface area contributed by atoms with Gasteiger partial charge in [-0.05, 0) is 24.5 Å². The monoisotopic (exact) mass is 271 g/mol. The van der Waals surface area contributed by atoms with Crippen LogP contribution in [0.5, 0.6) is 0 Å². The second-order valence-electron chi connectivity index (χ2n) is 4.56. The van der Waals surface area contributed by atoms with E-state index in [1.54, 1.807) is 12.4 Å². The van der Waals surface area contributed by atoms with Gasteiger partial charge in [0.1, 0.15) is 6.54 Å². The van der Waals surface area contributed by atoms with E-state index < -0.39 is 5.91 Å². The van der Waals surface area contributed by atoms with E-state index in [0.717, 1.165) is 23.4 Å². The Bertz CT molecular complexity index is 521. The molecule has 0 heterocycles. The predicted molar refractivity (Wildman–Crippen MR) is 73.7 cm³/mol. The first kappa shape index (κ1) is 14.0. The molecule has 20 heavy (non-hydrogen) atoms. The van der Waals surface area contributed by atoms with Crippen LogP contribution >= 0.6 is 0 Å². The lowest BCUT2D eigenvalue weighted by molar-refractivity contribution is -0.137. The number of hydrogen-bond acceptors (Lipinski definition) is 3. The molecule has 1 N–H and O–H groups in total. The molecule has 1 aliphatic rings. The first-order valence-corrected chi connectivity index (χ1v) is 6.41. The molecule has 0 spiro atoms. The van der Waals surface area contributed by atoms with Gasteiger partial charge in [-0.2, -0.15) is 0 Å². The summed E-state index contributed by atoms with van der Waals surface area (Å²) in [5.41, 5.74) is 3.31. The maximum atomic E-state index is 11.9. The van der Waals surface area contributed by atoms with Gasteiger partial charge in [-0.25, -0.2) is 5.01 Å². The van der Waals surface area contributed by atoms with Crippen molar-refractivity contribution in [1.82, 2.24) is 10.4 Å². The molecule has 103 valence electrons. The van der Waals surface area contributed by atoms with Crippen LogP contribution in [0.15, 0.2) is 36.4 Å².